The number of anilines is 1. The van der Waals surface area contributed by atoms with Crippen molar-refractivity contribution >= 4 is 45.8 Å². The summed E-state index contributed by atoms with van der Waals surface area (Å²) in [5.41, 5.74) is -0.951. The number of benzene rings is 1. The Morgan fingerprint density at radius 2 is 1.82 bits per heavy atom. The van der Waals surface area contributed by atoms with Crippen LogP contribution in [0.4, 0.5) is 18.9 Å². The quantitative estimate of drug-likeness (QED) is 0.516. The number of likely N-dealkylation sites (tertiary alicyclic amines) is 1. The normalized spacial score (nSPS) is 26.1. The maximum absolute atomic E-state index is 13.0. The molecule has 2 amide bonds. The zero-order valence-corrected chi connectivity index (χ0v) is 17.2. The molecule has 2 fully saturated rings. The van der Waals surface area contributed by atoms with Gasteiger partial charge in [-0.25, -0.2) is 4.90 Å². The largest absolute Gasteiger partial charge is 0.416 e. The van der Waals surface area contributed by atoms with E-state index < -0.39 is 28.8 Å². The molecular weight excluding hydrogens is 409 g/mol. The lowest BCUT2D eigenvalue weighted by Gasteiger charge is -2.36. The number of hydrogen-bond donors (Lipinski definition) is 0. The van der Waals surface area contributed by atoms with Crippen LogP contribution in [-0.2, 0) is 15.8 Å². The first kappa shape index (κ1) is 21.1. The smallest absolute Gasteiger partial charge is 0.357 e. The summed E-state index contributed by atoms with van der Waals surface area (Å²) >= 11 is 6.65. The van der Waals surface area contributed by atoms with Gasteiger partial charge in [0.15, 0.2) is 0 Å². The maximum Gasteiger partial charge on any atom is 0.416 e. The van der Waals surface area contributed by atoms with Gasteiger partial charge in [-0.3, -0.25) is 9.59 Å². The molecule has 0 unspecified atom stereocenters. The Balaban J connectivity index is 1.73. The molecule has 2 aliphatic heterocycles. The molecule has 0 N–H and O–H groups in total. The molecule has 2 aliphatic rings. The Bertz CT molecular complexity index is 790. The van der Waals surface area contributed by atoms with Gasteiger partial charge in [0.05, 0.1) is 11.3 Å². The third-order valence-corrected chi connectivity index (χ3v) is 6.57. The van der Waals surface area contributed by atoms with E-state index in [4.69, 9.17) is 12.2 Å². The van der Waals surface area contributed by atoms with Crippen molar-refractivity contribution in [3.05, 3.63) is 29.8 Å². The van der Waals surface area contributed by atoms with E-state index in [9.17, 15) is 22.8 Å². The molecule has 4 nitrogen and oxygen atoms in total. The van der Waals surface area contributed by atoms with Gasteiger partial charge >= 0.3 is 6.18 Å². The molecule has 28 heavy (non-hydrogen) atoms. The fraction of sp³-hybridized carbons (Fsp3) is 0.526. The minimum absolute atomic E-state index is 0.0564. The van der Waals surface area contributed by atoms with Crippen LogP contribution in [0.1, 0.15) is 32.3 Å². The average molecular weight is 431 g/mol. The van der Waals surface area contributed by atoms with Crippen LogP contribution in [0.2, 0.25) is 0 Å². The third kappa shape index (κ3) is 4.51. The topological polar surface area (TPSA) is 40.6 Å². The Kier molecular flexibility index (Phi) is 6.05. The van der Waals surface area contributed by atoms with Crippen molar-refractivity contribution in [1.29, 1.82) is 0 Å². The highest BCUT2D eigenvalue weighted by atomic mass is 32.2. The number of thiocarbonyl (C=S) groups is 1. The number of hydrogen-bond acceptors (Lipinski definition) is 4. The first-order chi connectivity index (χ1) is 13.1. The van der Waals surface area contributed by atoms with Crippen LogP contribution in [-0.4, -0.2) is 39.4 Å². The number of carbonyl (C=O) groups is 2. The van der Waals surface area contributed by atoms with Gasteiger partial charge in [-0.05, 0) is 36.5 Å². The molecule has 2 heterocycles. The van der Waals surface area contributed by atoms with Crippen LogP contribution in [0.15, 0.2) is 24.3 Å². The van der Waals surface area contributed by atoms with E-state index in [2.05, 4.69) is 18.7 Å². The van der Waals surface area contributed by atoms with Gasteiger partial charge in [-0.2, -0.15) is 13.2 Å². The molecule has 0 aliphatic carbocycles. The number of rotatable bonds is 2. The lowest BCUT2D eigenvalue weighted by molar-refractivity contribution is -0.137. The highest BCUT2D eigenvalue weighted by Gasteiger charge is 2.42. The molecule has 0 spiro atoms. The van der Waals surface area contributed by atoms with Crippen LogP contribution < -0.4 is 4.90 Å². The highest BCUT2D eigenvalue weighted by Crippen LogP contribution is 2.36. The van der Waals surface area contributed by atoms with E-state index in [1.54, 1.807) is 0 Å². The second-order valence-corrected chi connectivity index (χ2v) is 9.38. The Morgan fingerprint density at radius 1 is 1.18 bits per heavy atom. The number of carbonyl (C=O) groups excluding carboxylic acids is 2. The Hall–Kier alpha value is -1.61. The van der Waals surface area contributed by atoms with E-state index >= 15 is 0 Å². The van der Waals surface area contributed by atoms with Gasteiger partial charge < -0.3 is 4.90 Å². The predicted octanol–water partition coefficient (Wildman–Crippen LogP) is 4.33. The van der Waals surface area contributed by atoms with Crippen molar-refractivity contribution < 1.29 is 22.8 Å². The van der Waals surface area contributed by atoms with E-state index in [0.29, 0.717) is 16.2 Å². The van der Waals surface area contributed by atoms with Gasteiger partial charge in [0.1, 0.15) is 9.57 Å². The van der Waals surface area contributed by atoms with Gasteiger partial charge in [0.2, 0.25) is 11.8 Å². The van der Waals surface area contributed by atoms with Crippen LogP contribution in [0.3, 0.4) is 0 Å². The zero-order chi connectivity index (χ0) is 20.6. The van der Waals surface area contributed by atoms with E-state index in [1.165, 1.54) is 12.1 Å². The van der Waals surface area contributed by atoms with E-state index in [0.717, 1.165) is 48.3 Å². The molecule has 152 valence electrons. The monoisotopic (exact) mass is 430 g/mol. The first-order valence-electron chi connectivity index (χ1n) is 9.06. The zero-order valence-electron chi connectivity index (χ0n) is 15.5. The number of thioether (sulfide) groups is 1. The van der Waals surface area contributed by atoms with Crippen LogP contribution in [0.25, 0.3) is 0 Å². The van der Waals surface area contributed by atoms with Crippen LogP contribution in [0.5, 0.6) is 0 Å². The van der Waals surface area contributed by atoms with Crippen molar-refractivity contribution in [3.63, 3.8) is 0 Å². The van der Waals surface area contributed by atoms with E-state index in [-0.39, 0.29) is 12.1 Å². The number of amides is 2. The summed E-state index contributed by atoms with van der Waals surface area (Å²) < 4.78 is 39.4. The second kappa shape index (κ2) is 8.02. The molecule has 0 bridgehead atoms. The van der Waals surface area contributed by atoms with Crippen molar-refractivity contribution in [3.8, 4) is 0 Å². The Labute approximate surface area is 171 Å². The summed E-state index contributed by atoms with van der Waals surface area (Å²) in [4.78, 5) is 28.0. The summed E-state index contributed by atoms with van der Waals surface area (Å²) in [6.07, 6.45) is -3.49. The van der Waals surface area contributed by atoms with Crippen molar-refractivity contribution in [1.82, 2.24) is 4.90 Å². The lowest BCUT2D eigenvalue weighted by atomic mass is 9.92. The summed E-state index contributed by atoms with van der Waals surface area (Å²) in [7, 11) is 0. The molecule has 2 saturated heterocycles. The molecule has 0 aromatic heterocycles. The first-order valence-corrected chi connectivity index (χ1v) is 10.3. The molecule has 9 heteroatoms. The van der Waals surface area contributed by atoms with Crippen molar-refractivity contribution in [2.75, 3.05) is 18.0 Å². The van der Waals surface area contributed by atoms with E-state index in [1.807, 2.05) is 0 Å². The fourth-order valence-electron chi connectivity index (χ4n) is 3.80. The molecule has 3 rings (SSSR count). The standard InChI is InChI=1S/C19H21F3N2O2S2/c1-11-6-12(2)10-23(9-11)18(27)28-15-8-16(25)24(17(15)26)14-5-3-4-13(7-14)19(20,21)22/h3-5,7,11-12,15H,6,8-10H2,1-2H3/t11-,12+,15-/m1/s1. The second-order valence-electron chi connectivity index (χ2n) is 7.54. The number of nitrogens with zero attached hydrogens (tertiary/aromatic N) is 2. The summed E-state index contributed by atoms with van der Waals surface area (Å²) in [5.74, 6) is -0.0468. The lowest BCUT2D eigenvalue weighted by Crippen LogP contribution is -2.41. The van der Waals surface area contributed by atoms with Gasteiger partial charge in [0.25, 0.3) is 0 Å². The molecule has 0 radical (unpaired) electrons. The summed E-state index contributed by atoms with van der Waals surface area (Å²) in [5, 5.41) is -0.706. The number of piperidine rings is 1. The van der Waals surface area contributed by atoms with Gasteiger partial charge in [-0.15, -0.1) is 0 Å². The SMILES string of the molecule is C[C@@H]1C[C@H](C)CN(C(=S)S[C@@H]2CC(=O)N(c3cccc(C(F)(F)F)c3)C2=O)C1. The number of imide groups is 1. The number of halogens is 3. The van der Waals surface area contributed by atoms with Crippen LogP contribution in [0, 0.1) is 11.8 Å². The minimum atomic E-state index is -4.54. The molecule has 0 saturated carbocycles. The minimum Gasteiger partial charge on any atom is -0.357 e. The highest BCUT2D eigenvalue weighted by molar-refractivity contribution is 8.23. The summed E-state index contributed by atoms with van der Waals surface area (Å²) in [6.45, 7) is 5.91. The van der Waals surface area contributed by atoms with Crippen molar-refractivity contribution in [2.45, 2.75) is 38.1 Å². The predicted molar refractivity (Wildman–Crippen MR) is 107 cm³/mol. The maximum atomic E-state index is 13.0. The van der Waals surface area contributed by atoms with Gasteiger partial charge in [-0.1, -0.05) is 43.9 Å². The van der Waals surface area contributed by atoms with Crippen LogP contribution >= 0.6 is 24.0 Å². The van der Waals surface area contributed by atoms with Crippen molar-refractivity contribution in [2.24, 2.45) is 11.8 Å². The number of alkyl halides is 3. The summed E-state index contributed by atoms with van der Waals surface area (Å²) in [6, 6.07) is 4.27. The third-order valence-electron chi connectivity index (χ3n) is 4.91. The molecule has 1 aromatic carbocycles. The van der Waals surface area contributed by atoms with Gasteiger partial charge in [0, 0.05) is 19.5 Å². The Morgan fingerprint density at radius 3 is 2.43 bits per heavy atom. The fourth-order valence-corrected chi connectivity index (χ4v) is 5.27. The molecule has 1 aromatic rings. The molecular formula is C19H21F3N2O2S2. The molecule has 3 atom stereocenters. The average Bonchev–Trinajstić information content (AvgIpc) is 2.87.